The summed E-state index contributed by atoms with van der Waals surface area (Å²) in [6.45, 7) is 6.42. The van der Waals surface area contributed by atoms with Gasteiger partial charge in [-0.1, -0.05) is 25.1 Å². The second-order valence-electron chi connectivity index (χ2n) is 8.29. The largest absolute Gasteiger partial charge is 0.382 e. The van der Waals surface area contributed by atoms with Gasteiger partial charge in [0.25, 0.3) is 0 Å². The van der Waals surface area contributed by atoms with Crippen molar-refractivity contribution in [2.75, 3.05) is 18.9 Å². The summed E-state index contributed by atoms with van der Waals surface area (Å²) >= 11 is 0. The average molecular weight is 461 g/mol. The number of aryl methyl sites for hydroxylation is 1. The number of pyridine rings is 2. The van der Waals surface area contributed by atoms with Crippen molar-refractivity contribution in [2.45, 2.75) is 52.7 Å². The number of anilines is 1. The number of aromatic nitrogens is 4. The molecule has 4 rings (SSSR count). The molecule has 0 fully saturated rings. The molecule has 0 saturated carbocycles. The highest BCUT2D eigenvalue weighted by Crippen LogP contribution is 2.32. The lowest BCUT2D eigenvalue weighted by Crippen LogP contribution is -2.24. The van der Waals surface area contributed by atoms with E-state index < -0.39 is 0 Å². The first kappa shape index (κ1) is 23.6. The van der Waals surface area contributed by atoms with E-state index in [2.05, 4.69) is 32.0 Å². The van der Waals surface area contributed by atoms with Crippen LogP contribution in [0.25, 0.3) is 33.1 Å². The number of carbonyl (C=O) groups is 1. The fraction of sp³-hybridized carbons (Fsp3) is 0.385. The summed E-state index contributed by atoms with van der Waals surface area (Å²) in [5, 5.41) is 3.99. The van der Waals surface area contributed by atoms with Crippen molar-refractivity contribution in [3.63, 3.8) is 0 Å². The Balaban J connectivity index is 1.67. The van der Waals surface area contributed by atoms with Crippen LogP contribution < -0.4 is 11.1 Å². The van der Waals surface area contributed by atoms with Crippen molar-refractivity contribution < 1.29 is 9.53 Å². The third-order valence-electron chi connectivity index (χ3n) is 5.82. The van der Waals surface area contributed by atoms with Gasteiger partial charge >= 0.3 is 0 Å². The Morgan fingerprint density at radius 2 is 2.03 bits per heavy atom. The van der Waals surface area contributed by atoms with Gasteiger partial charge in [0.15, 0.2) is 5.82 Å². The monoisotopic (exact) mass is 460 g/mol. The minimum Gasteiger partial charge on any atom is -0.382 e. The number of nitrogens with zero attached hydrogens (tertiary/aromatic N) is 4. The molecule has 3 aromatic heterocycles. The molecule has 1 aromatic carbocycles. The summed E-state index contributed by atoms with van der Waals surface area (Å²) < 4.78 is 7.89. The Hall–Kier alpha value is -3.52. The lowest BCUT2D eigenvalue weighted by molar-refractivity contribution is -0.121. The molecular weight excluding hydrogens is 428 g/mol. The van der Waals surface area contributed by atoms with E-state index in [0.29, 0.717) is 37.5 Å². The number of imidazole rings is 1. The van der Waals surface area contributed by atoms with Crippen LogP contribution in [0.3, 0.4) is 0 Å². The molecule has 0 aliphatic heterocycles. The first-order chi connectivity index (χ1) is 16.6. The molecule has 1 amide bonds. The fourth-order valence-electron chi connectivity index (χ4n) is 4.15. The molecule has 3 heterocycles. The molecule has 0 atom stereocenters. The van der Waals surface area contributed by atoms with Crippen LogP contribution >= 0.6 is 0 Å². The summed E-state index contributed by atoms with van der Waals surface area (Å²) in [5.74, 6) is 1.36. The highest BCUT2D eigenvalue weighted by Gasteiger charge is 2.18. The second kappa shape index (κ2) is 11.1. The number of rotatable bonds is 11. The van der Waals surface area contributed by atoms with Crippen LogP contribution in [0.2, 0.25) is 0 Å². The molecule has 0 radical (unpaired) electrons. The number of carbonyl (C=O) groups excluding carboxylic acids is 1. The van der Waals surface area contributed by atoms with Crippen LogP contribution in [0, 0.1) is 0 Å². The SMILES string of the molecule is CCCC(=O)NCCCCn1c(COCC)nc2c(N)nc3cc(-c4cccnc4)ccc3c21. The fourth-order valence-corrected chi connectivity index (χ4v) is 4.15. The van der Waals surface area contributed by atoms with E-state index in [9.17, 15) is 4.79 Å². The molecule has 8 nitrogen and oxygen atoms in total. The Morgan fingerprint density at radius 3 is 2.79 bits per heavy atom. The van der Waals surface area contributed by atoms with E-state index in [1.54, 1.807) is 6.20 Å². The maximum Gasteiger partial charge on any atom is 0.219 e. The molecule has 3 N–H and O–H groups in total. The number of fused-ring (bicyclic) bond motifs is 3. The molecule has 0 spiro atoms. The Bertz CT molecular complexity index is 1270. The van der Waals surface area contributed by atoms with E-state index in [-0.39, 0.29) is 5.91 Å². The summed E-state index contributed by atoms with van der Waals surface area (Å²) in [5.41, 5.74) is 10.9. The first-order valence-corrected chi connectivity index (χ1v) is 12.0. The van der Waals surface area contributed by atoms with Crippen molar-refractivity contribution in [2.24, 2.45) is 0 Å². The topological polar surface area (TPSA) is 108 Å². The van der Waals surface area contributed by atoms with Crippen LogP contribution in [-0.2, 0) is 22.7 Å². The smallest absolute Gasteiger partial charge is 0.219 e. The molecule has 0 bridgehead atoms. The second-order valence-corrected chi connectivity index (χ2v) is 8.29. The zero-order valence-electron chi connectivity index (χ0n) is 19.9. The van der Waals surface area contributed by atoms with Gasteiger partial charge in [0.2, 0.25) is 5.91 Å². The van der Waals surface area contributed by atoms with Gasteiger partial charge in [-0.3, -0.25) is 9.78 Å². The highest BCUT2D eigenvalue weighted by atomic mass is 16.5. The van der Waals surface area contributed by atoms with E-state index >= 15 is 0 Å². The van der Waals surface area contributed by atoms with Gasteiger partial charge in [0.05, 0.1) is 11.0 Å². The number of nitrogens with one attached hydrogen (secondary N) is 1. The molecule has 0 aliphatic carbocycles. The molecule has 34 heavy (non-hydrogen) atoms. The Morgan fingerprint density at radius 1 is 1.15 bits per heavy atom. The standard InChI is InChI=1S/C26H32N6O2/c1-3-8-23(33)29-13-5-6-14-32-22(17-34-4-2)31-24-25(32)20-11-10-18(15-21(20)30-26(24)27)19-9-7-12-28-16-19/h7,9-12,15-16H,3-6,8,13-14,17H2,1-2H3,(H2,27,30)(H,29,33). The maximum atomic E-state index is 11.7. The molecule has 4 aromatic rings. The highest BCUT2D eigenvalue weighted by molar-refractivity contribution is 6.07. The number of amides is 1. The average Bonchev–Trinajstić information content (AvgIpc) is 3.22. The van der Waals surface area contributed by atoms with Crippen molar-refractivity contribution in [1.29, 1.82) is 0 Å². The number of ether oxygens (including phenoxy) is 1. The van der Waals surface area contributed by atoms with Gasteiger partial charge in [0.1, 0.15) is 17.9 Å². The van der Waals surface area contributed by atoms with E-state index in [0.717, 1.165) is 59.2 Å². The van der Waals surface area contributed by atoms with Gasteiger partial charge in [-0.2, -0.15) is 0 Å². The minimum absolute atomic E-state index is 0.113. The summed E-state index contributed by atoms with van der Waals surface area (Å²) in [7, 11) is 0. The molecule has 8 heteroatoms. The van der Waals surface area contributed by atoms with Gasteiger partial charge in [-0.15, -0.1) is 0 Å². The molecular formula is C26H32N6O2. The van der Waals surface area contributed by atoms with Crippen molar-refractivity contribution >= 4 is 33.7 Å². The van der Waals surface area contributed by atoms with E-state index in [1.807, 2.05) is 38.2 Å². The Labute approximate surface area is 199 Å². The van der Waals surface area contributed by atoms with Crippen LogP contribution in [0.4, 0.5) is 5.82 Å². The number of hydrogen-bond acceptors (Lipinski definition) is 6. The van der Waals surface area contributed by atoms with E-state index in [4.69, 9.17) is 15.5 Å². The van der Waals surface area contributed by atoms with Crippen molar-refractivity contribution in [1.82, 2.24) is 24.8 Å². The maximum absolute atomic E-state index is 11.7. The van der Waals surface area contributed by atoms with Gasteiger partial charge in [0, 0.05) is 49.5 Å². The van der Waals surface area contributed by atoms with Crippen molar-refractivity contribution in [3.8, 4) is 11.1 Å². The predicted molar refractivity (Wildman–Crippen MR) is 135 cm³/mol. The summed E-state index contributed by atoms with van der Waals surface area (Å²) in [6, 6.07) is 10.2. The predicted octanol–water partition coefficient (Wildman–Crippen LogP) is 4.46. The third-order valence-corrected chi connectivity index (χ3v) is 5.82. The number of hydrogen-bond donors (Lipinski definition) is 2. The molecule has 178 valence electrons. The third kappa shape index (κ3) is 5.17. The summed E-state index contributed by atoms with van der Waals surface area (Å²) in [4.78, 5) is 25.4. The number of benzene rings is 1. The Kier molecular flexibility index (Phi) is 7.69. The lowest BCUT2D eigenvalue weighted by atomic mass is 10.0. The van der Waals surface area contributed by atoms with Crippen molar-refractivity contribution in [3.05, 3.63) is 48.5 Å². The van der Waals surface area contributed by atoms with Crippen LogP contribution in [0.1, 0.15) is 45.4 Å². The van der Waals surface area contributed by atoms with Crippen LogP contribution in [0.15, 0.2) is 42.7 Å². The number of nitrogen functional groups attached to an aromatic ring is 1. The molecule has 0 unspecified atom stereocenters. The van der Waals surface area contributed by atoms with Gasteiger partial charge in [-0.25, -0.2) is 9.97 Å². The zero-order chi connectivity index (χ0) is 23.9. The van der Waals surface area contributed by atoms with Crippen LogP contribution in [-0.4, -0.2) is 38.6 Å². The van der Waals surface area contributed by atoms with Gasteiger partial charge < -0.3 is 20.4 Å². The molecule has 0 saturated heterocycles. The lowest BCUT2D eigenvalue weighted by Gasteiger charge is -2.12. The van der Waals surface area contributed by atoms with Crippen LogP contribution in [0.5, 0.6) is 0 Å². The number of nitrogens with two attached hydrogens (primary N) is 1. The van der Waals surface area contributed by atoms with Gasteiger partial charge in [-0.05, 0) is 43.9 Å². The first-order valence-electron chi connectivity index (χ1n) is 12.0. The normalized spacial score (nSPS) is 11.4. The quantitative estimate of drug-likeness (QED) is 0.320. The minimum atomic E-state index is 0.113. The van der Waals surface area contributed by atoms with E-state index in [1.165, 1.54) is 0 Å². The number of unbranched alkanes of at least 4 members (excludes halogenated alkanes) is 1. The summed E-state index contributed by atoms with van der Waals surface area (Å²) in [6.07, 6.45) is 6.81. The molecule has 0 aliphatic rings. The zero-order valence-corrected chi connectivity index (χ0v) is 19.9.